The van der Waals surface area contributed by atoms with Gasteiger partial charge in [-0.3, -0.25) is 0 Å². The van der Waals surface area contributed by atoms with E-state index in [4.69, 9.17) is 4.74 Å². The highest BCUT2D eigenvalue weighted by Gasteiger charge is 2.25. The summed E-state index contributed by atoms with van der Waals surface area (Å²) in [6.07, 6.45) is -0.284. The third kappa shape index (κ3) is 2.03. The molecule has 0 saturated heterocycles. The van der Waals surface area contributed by atoms with Gasteiger partial charge in [-0.2, -0.15) is 0 Å². The first kappa shape index (κ1) is 11.0. The number of carbonyl (C=O) groups excluding carboxylic acids is 1. The van der Waals surface area contributed by atoms with Crippen molar-refractivity contribution in [2.75, 3.05) is 6.54 Å². The summed E-state index contributed by atoms with van der Waals surface area (Å²) in [5.41, 5.74) is 1.01. The Bertz CT molecular complexity index is 420. The van der Waals surface area contributed by atoms with E-state index < -0.39 is 0 Å². The first-order valence-electron chi connectivity index (χ1n) is 4.56. The fourth-order valence-corrected chi connectivity index (χ4v) is 2.90. The molecule has 0 N–H and O–H groups in total. The summed E-state index contributed by atoms with van der Waals surface area (Å²) in [5, 5.41) is 0. The number of benzene rings is 1. The van der Waals surface area contributed by atoms with E-state index in [-0.39, 0.29) is 6.09 Å². The number of ether oxygens (including phenoxy) is 1. The predicted molar refractivity (Wildman–Crippen MR) is 64.0 cm³/mol. The van der Waals surface area contributed by atoms with Gasteiger partial charge in [-0.05, 0) is 35.0 Å². The van der Waals surface area contributed by atoms with Gasteiger partial charge >= 0.3 is 6.09 Å². The number of amides is 1. The number of halogens is 2. The van der Waals surface area contributed by atoms with E-state index in [9.17, 15) is 4.79 Å². The summed E-state index contributed by atoms with van der Waals surface area (Å²) in [4.78, 5) is 13.2. The minimum Gasteiger partial charge on any atom is -0.409 e. The van der Waals surface area contributed by atoms with Crippen LogP contribution in [0.5, 0.6) is 5.75 Å². The monoisotopic (exact) mass is 333 g/mol. The average molecular weight is 335 g/mol. The highest BCUT2D eigenvalue weighted by molar-refractivity contribution is 9.11. The third-order valence-electron chi connectivity index (χ3n) is 2.28. The molecule has 1 aromatic carbocycles. The number of rotatable bonds is 1. The van der Waals surface area contributed by atoms with Gasteiger partial charge in [0.2, 0.25) is 0 Å². The van der Waals surface area contributed by atoms with Crippen molar-refractivity contribution in [1.29, 1.82) is 0 Å². The van der Waals surface area contributed by atoms with Gasteiger partial charge in [0.05, 0.1) is 11.0 Å². The fourth-order valence-electron chi connectivity index (χ4n) is 1.51. The first-order chi connectivity index (χ1) is 7.11. The summed E-state index contributed by atoms with van der Waals surface area (Å²) < 4.78 is 7.02. The van der Waals surface area contributed by atoms with Crippen molar-refractivity contribution in [3.05, 3.63) is 26.6 Å². The quantitative estimate of drug-likeness (QED) is 0.786. The van der Waals surface area contributed by atoms with Crippen LogP contribution in [0.2, 0.25) is 0 Å². The normalized spacial score (nSPS) is 14.9. The van der Waals surface area contributed by atoms with E-state index in [1.165, 1.54) is 0 Å². The maximum atomic E-state index is 11.5. The summed E-state index contributed by atoms with van der Waals surface area (Å²) >= 11 is 6.79. The van der Waals surface area contributed by atoms with Crippen molar-refractivity contribution in [2.24, 2.45) is 0 Å². The Morgan fingerprint density at radius 3 is 2.87 bits per heavy atom. The lowest BCUT2D eigenvalue weighted by atomic mass is 10.1. The Balaban J connectivity index is 2.45. The second kappa shape index (κ2) is 4.14. The Hall–Kier alpha value is -0.550. The highest BCUT2D eigenvalue weighted by Crippen LogP contribution is 2.36. The molecule has 1 amide bonds. The molecule has 80 valence electrons. The first-order valence-corrected chi connectivity index (χ1v) is 6.15. The molecule has 1 aliphatic rings. The molecule has 0 atom stereocenters. The zero-order chi connectivity index (χ0) is 11.0. The third-order valence-corrected chi connectivity index (χ3v) is 3.32. The lowest BCUT2D eigenvalue weighted by Crippen LogP contribution is -2.36. The van der Waals surface area contributed by atoms with Crippen molar-refractivity contribution in [2.45, 2.75) is 13.5 Å². The molecule has 5 heteroatoms. The second-order valence-electron chi connectivity index (χ2n) is 3.26. The van der Waals surface area contributed by atoms with Crippen LogP contribution in [0.25, 0.3) is 0 Å². The lowest BCUT2D eigenvalue weighted by molar-refractivity contribution is 0.141. The fraction of sp³-hybridized carbons (Fsp3) is 0.300. The summed E-state index contributed by atoms with van der Waals surface area (Å²) in [6, 6.07) is 3.84. The van der Waals surface area contributed by atoms with Gasteiger partial charge in [0.1, 0.15) is 0 Å². The number of hydrogen-bond acceptors (Lipinski definition) is 2. The molecule has 0 unspecified atom stereocenters. The molecule has 0 aromatic heterocycles. The lowest BCUT2D eigenvalue weighted by Gasteiger charge is -2.27. The molecule has 3 nitrogen and oxygen atoms in total. The Labute approximate surface area is 105 Å². The Morgan fingerprint density at radius 2 is 2.20 bits per heavy atom. The van der Waals surface area contributed by atoms with Gasteiger partial charge in [0.15, 0.2) is 5.75 Å². The summed E-state index contributed by atoms with van der Waals surface area (Å²) in [5.74, 6) is 0.632. The zero-order valence-electron chi connectivity index (χ0n) is 8.09. The molecule has 1 heterocycles. The molecule has 0 aliphatic carbocycles. The van der Waals surface area contributed by atoms with Gasteiger partial charge in [0.25, 0.3) is 0 Å². The summed E-state index contributed by atoms with van der Waals surface area (Å²) in [7, 11) is 0. The van der Waals surface area contributed by atoms with Crippen molar-refractivity contribution in [3.8, 4) is 5.75 Å². The number of fused-ring (bicyclic) bond motifs is 1. The summed E-state index contributed by atoms with van der Waals surface area (Å²) in [6.45, 7) is 3.18. The Morgan fingerprint density at radius 1 is 1.47 bits per heavy atom. The van der Waals surface area contributed by atoms with E-state index in [1.807, 2.05) is 19.1 Å². The molecule has 2 rings (SSSR count). The zero-order valence-corrected chi connectivity index (χ0v) is 11.3. The molecule has 1 aromatic rings. The number of hydrogen-bond donors (Lipinski definition) is 0. The average Bonchev–Trinajstić information content (AvgIpc) is 2.18. The van der Waals surface area contributed by atoms with Crippen LogP contribution in [0.15, 0.2) is 21.1 Å². The standard InChI is InChI=1S/C10H9Br2NO2/c1-2-13-5-6-3-7(11)4-8(12)9(6)15-10(13)14/h3-4H,2,5H2,1H3. The molecule has 0 spiro atoms. The van der Waals surface area contributed by atoms with Crippen LogP contribution in [0.3, 0.4) is 0 Å². The van der Waals surface area contributed by atoms with E-state index in [0.717, 1.165) is 14.5 Å². The smallest absolute Gasteiger partial charge is 0.409 e. The van der Waals surface area contributed by atoms with Gasteiger partial charge < -0.3 is 9.64 Å². The predicted octanol–water partition coefficient (Wildman–Crippen LogP) is 3.55. The van der Waals surface area contributed by atoms with Crippen LogP contribution < -0.4 is 4.74 Å². The van der Waals surface area contributed by atoms with E-state index >= 15 is 0 Å². The molecular formula is C10H9Br2NO2. The van der Waals surface area contributed by atoms with Gasteiger partial charge in [-0.15, -0.1) is 0 Å². The minimum atomic E-state index is -0.284. The minimum absolute atomic E-state index is 0.284. The second-order valence-corrected chi connectivity index (χ2v) is 5.03. The van der Waals surface area contributed by atoms with Crippen molar-refractivity contribution < 1.29 is 9.53 Å². The molecule has 0 radical (unpaired) electrons. The van der Waals surface area contributed by atoms with Gasteiger partial charge in [0, 0.05) is 16.6 Å². The molecule has 0 fully saturated rings. The molecular weight excluding hydrogens is 326 g/mol. The van der Waals surface area contributed by atoms with Crippen molar-refractivity contribution in [3.63, 3.8) is 0 Å². The van der Waals surface area contributed by atoms with Crippen LogP contribution in [-0.4, -0.2) is 17.5 Å². The topological polar surface area (TPSA) is 29.5 Å². The molecule has 0 saturated carbocycles. The van der Waals surface area contributed by atoms with Crippen LogP contribution in [0, 0.1) is 0 Å². The van der Waals surface area contributed by atoms with Crippen LogP contribution in [0.1, 0.15) is 12.5 Å². The highest BCUT2D eigenvalue weighted by atomic mass is 79.9. The van der Waals surface area contributed by atoms with E-state index in [0.29, 0.717) is 18.8 Å². The van der Waals surface area contributed by atoms with Crippen molar-refractivity contribution in [1.82, 2.24) is 4.90 Å². The Kier molecular flexibility index (Phi) is 3.02. The molecule has 0 bridgehead atoms. The van der Waals surface area contributed by atoms with E-state index in [2.05, 4.69) is 31.9 Å². The van der Waals surface area contributed by atoms with Crippen LogP contribution in [-0.2, 0) is 6.54 Å². The van der Waals surface area contributed by atoms with E-state index in [1.54, 1.807) is 4.90 Å². The van der Waals surface area contributed by atoms with Gasteiger partial charge in [-0.25, -0.2) is 4.79 Å². The molecule has 1 aliphatic heterocycles. The molecule has 15 heavy (non-hydrogen) atoms. The van der Waals surface area contributed by atoms with Crippen LogP contribution >= 0.6 is 31.9 Å². The number of nitrogens with zero attached hydrogens (tertiary/aromatic N) is 1. The largest absolute Gasteiger partial charge is 0.415 e. The van der Waals surface area contributed by atoms with Crippen LogP contribution in [0.4, 0.5) is 4.79 Å². The van der Waals surface area contributed by atoms with Gasteiger partial charge in [-0.1, -0.05) is 15.9 Å². The van der Waals surface area contributed by atoms with Crippen molar-refractivity contribution >= 4 is 38.0 Å². The maximum Gasteiger partial charge on any atom is 0.415 e. The maximum absolute atomic E-state index is 11.5. The number of carbonyl (C=O) groups is 1. The SMILES string of the molecule is CCN1Cc2cc(Br)cc(Br)c2OC1=O.